The molecule has 110 valence electrons. The molecule has 0 aromatic carbocycles. The Labute approximate surface area is 124 Å². The summed E-state index contributed by atoms with van der Waals surface area (Å²) in [5, 5.41) is 9.76. The van der Waals surface area contributed by atoms with E-state index in [0.29, 0.717) is 5.41 Å². The zero-order valence-corrected chi connectivity index (χ0v) is 12.9. The zero-order chi connectivity index (χ0) is 14.0. The molecule has 1 aliphatic carbocycles. The van der Waals surface area contributed by atoms with Gasteiger partial charge in [-0.15, -0.1) is 11.3 Å². The average molecular weight is 293 g/mol. The summed E-state index contributed by atoms with van der Waals surface area (Å²) >= 11 is 1.71. The van der Waals surface area contributed by atoms with Gasteiger partial charge in [0.2, 0.25) is 5.91 Å². The second-order valence-corrected chi connectivity index (χ2v) is 6.94. The smallest absolute Gasteiger partial charge is 0.223 e. The number of nitrogens with one attached hydrogen (secondary N) is 2. The molecule has 1 aromatic rings. The lowest BCUT2D eigenvalue weighted by molar-refractivity contribution is -0.123. The highest BCUT2D eigenvalue weighted by Crippen LogP contribution is 2.58. The van der Waals surface area contributed by atoms with Gasteiger partial charge in [-0.1, -0.05) is 6.92 Å². The number of thiazole rings is 1. The van der Waals surface area contributed by atoms with Crippen LogP contribution in [0, 0.1) is 11.3 Å². The lowest BCUT2D eigenvalue weighted by atomic mass is 9.92. The number of carbonyl (C=O) groups is 1. The van der Waals surface area contributed by atoms with E-state index in [1.807, 2.05) is 0 Å². The molecule has 1 atom stereocenters. The third kappa shape index (κ3) is 2.88. The highest BCUT2D eigenvalue weighted by Gasteiger charge is 2.57. The molecular weight excluding hydrogens is 270 g/mol. The van der Waals surface area contributed by atoms with E-state index in [9.17, 15) is 4.79 Å². The number of hydrogen-bond acceptors (Lipinski definition) is 4. The Balaban J connectivity index is 1.42. The van der Waals surface area contributed by atoms with Crippen LogP contribution in [0.25, 0.3) is 0 Å². The molecule has 3 rings (SSSR count). The van der Waals surface area contributed by atoms with Gasteiger partial charge in [-0.05, 0) is 44.2 Å². The van der Waals surface area contributed by atoms with Crippen LogP contribution >= 0.6 is 11.3 Å². The highest BCUT2D eigenvalue weighted by atomic mass is 32.1. The van der Waals surface area contributed by atoms with Gasteiger partial charge in [-0.3, -0.25) is 4.79 Å². The molecule has 2 aliphatic rings. The van der Waals surface area contributed by atoms with Crippen LogP contribution in [-0.4, -0.2) is 30.5 Å². The third-order valence-corrected chi connectivity index (χ3v) is 5.73. The quantitative estimate of drug-likeness (QED) is 0.870. The Morgan fingerprint density at radius 3 is 3.05 bits per heavy atom. The van der Waals surface area contributed by atoms with Crippen molar-refractivity contribution in [2.75, 3.05) is 19.6 Å². The number of carbonyl (C=O) groups excluding carboxylic acids is 1. The Morgan fingerprint density at radius 2 is 2.35 bits per heavy atom. The number of aryl methyl sites for hydroxylation is 1. The molecule has 2 fully saturated rings. The molecule has 1 aromatic heterocycles. The van der Waals surface area contributed by atoms with E-state index >= 15 is 0 Å². The number of aromatic nitrogens is 1. The Kier molecular flexibility index (Phi) is 4.08. The SMILES string of the molecule is CCc1nc(CCNC(=O)C2CC23CCNCC3)cs1. The van der Waals surface area contributed by atoms with Crippen molar-refractivity contribution in [3.63, 3.8) is 0 Å². The van der Waals surface area contributed by atoms with Crippen LogP contribution in [0.3, 0.4) is 0 Å². The van der Waals surface area contributed by atoms with Gasteiger partial charge in [0.15, 0.2) is 0 Å². The standard InChI is InChI=1S/C15H23N3OS/c1-2-13-18-11(10-20-13)3-6-17-14(19)12-9-15(12)4-7-16-8-5-15/h10,12,16H,2-9H2,1H3,(H,17,19). The fourth-order valence-electron chi connectivity index (χ4n) is 3.26. The van der Waals surface area contributed by atoms with Crippen LogP contribution in [0.5, 0.6) is 0 Å². The fraction of sp³-hybridized carbons (Fsp3) is 0.733. The van der Waals surface area contributed by atoms with Crippen molar-refractivity contribution in [2.24, 2.45) is 11.3 Å². The second kappa shape index (κ2) is 5.82. The highest BCUT2D eigenvalue weighted by molar-refractivity contribution is 7.09. The molecule has 2 heterocycles. The van der Waals surface area contributed by atoms with Crippen LogP contribution in [0.2, 0.25) is 0 Å². The minimum atomic E-state index is 0.262. The number of piperidine rings is 1. The van der Waals surface area contributed by atoms with Crippen LogP contribution in [-0.2, 0) is 17.6 Å². The predicted octanol–water partition coefficient (Wildman–Crippen LogP) is 1.75. The number of nitrogens with zero attached hydrogens (tertiary/aromatic N) is 1. The number of hydrogen-bond donors (Lipinski definition) is 2. The van der Waals surface area contributed by atoms with Crippen molar-refractivity contribution in [1.29, 1.82) is 0 Å². The molecule has 1 aliphatic heterocycles. The Hall–Kier alpha value is -0.940. The molecule has 1 saturated heterocycles. The molecule has 20 heavy (non-hydrogen) atoms. The van der Waals surface area contributed by atoms with Crippen LogP contribution in [0.1, 0.15) is 36.9 Å². The summed E-state index contributed by atoms with van der Waals surface area (Å²) in [6, 6.07) is 0. The Morgan fingerprint density at radius 1 is 1.55 bits per heavy atom. The van der Waals surface area contributed by atoms with E-state index < -0.39 is 0 Å². The molecule has 1 spiro atoms. The van der Waals surface area contributed by atoms with Gasteiger partial charge in [-0.25, -0.2) is 4.98 Å². The van der Waals surface area contributed by atoms with E-state index in [-0.39, 0.29) is 11.8 Å². The van der Waals surface area contributed by atoms with Crippen molar-refractivity contribution < 1.29 is 4.79 Å². The molecule has 0 bridgehead atoms. The summed E-state index contributed by atoms with van der Waals surface area (Å²) in [6.07, 6.45) is 5.27. The summed E-state index contributed by atoms with van der Waals surface area (Å²) < 4.78 is 0. The molecule has 5 heteroatoms. The largest absolute Gasteiger partial charge is 0.355 e. The average Bonchev–Trinajstić information content (AvgIpc) is 2.97. The van der Waals surface area contributed by atoms with Gasteiger partial charge < -0.3 is 10.6 Å². The molecule has 4 nitrogen and oxygen atoms in total. The van der Waals surface area contributed by atoms with Gasteiger partial charge in [0.05, 0.1) is 10.7 Å². The second-order valence-electron chi connectivity index (χ2n) is 6.00. The van der Waals surface area contributed by atoms with E-state index in [4.69, 9.17) is 0 Å². The summed E-state index contributed by atoms with van der Waals surface area (Å²) in [7, 11) is 0. The minimum absolute atomic E-state index is 0.262. The number of rotatable bonds is 5. The van der Waals surface area contributed by atoms with Gasteiger partial charge in [0, 0.05) is 24.3 Å². The van der Waals surface area contributed by atoms with E-state index in [0.717, 1.165) is 57.4 Å². The lowest BCUT2D eigenvalue weighted by Gasteiger charge is -2.23. The van der Waals surface area contributed by atoms with Crippen molar-refractivity contribution in [3.8, 4) is 0 Å². The first kappa shape index (κ1) is 14.0. The molecule has 1 unspecified atom stereocenters. The van der Waals surface area contributed by atoms with Gasteiger partial charge in [0.25, 0.3) is 0 Å². The van der Waals surface area contributed by atoms with Crippen LogP contribution in [0.15, 0.2) is 5.38 Å². The first-order chi connectivity index (χ1) is 9.73. The van der Waals surface area contributed by atoms with E-state index in [1.54, 1.807) is 11.3 Å². The Bertz CT molecular complexity index is 479. The number of amides is 1. The van der Waals surface area contributed by atoms with Crippen molar-refractivity contribution >= 4 is 17.2 Å². The normalized spacial score (nSPS) is 23.8. The first-order valence-corrected chi connectivity index (χ1v) is 8.53. The van der Waals surface area contributed by atoms with Crippen LogP contribution in [0.4, 0.5) is 0 Å². The van der Waals surface area contributed by atoms with Gasteiger partial charge in [-0.2, -0.15) is 0 Å². The fourth-order valence-corrected chi connectivity index (χ4v) is 4.04. The first-order valence-electron chi connectivity index (χ1n) is 7.65. The maximum Gasteiger partial charge on any atom is 0.223 e. The summed E-state index contributed by atoms with van der Waals surface area (Å²) in [6.45, 7) is 4.98. The van der Waals surface area contributed by atoms with Crippen LogP contribution < -0.4 is 10.6 Å². The lowest BCUT2D eigenvalue weighted by Crippen LogP contribution is -2.34. The summed E-state index contributed by atoms with van der Waals surface area (Å²) in [5.74, 6) is 0.532. The minimum Gasteiger partial charge on any atom is -0.355 e. The molecule has 0 radical (unpaired) electrons. The van der Waals surface area contributed by atoms with Crippen molar-refractivity contribution in [1.82, 2.24) is 15.6 Å². The van der Waals surface area contributed by atoms with Crippen molar-refractivity contribution in [3.05, 3.63) is 16.1 Å². The molecule has 1 amide bonds. The maximum absolute atomic E-state index is 12.2. The third-order valence-electron chi connectivity index (χ3n) is 4.69. The molecular formula is C15H23N3OS. The van der Waals surface area contributed by atoms with Crippen molar-refractivity contribution in [2.45, 2.75) is 39.0 Å². The topological polar surface area (TPSA) is 54.0 Å². The van der Waals surface area contributed by atoms with Gasteiger partial charge in [0.1, 0.15) is 0 Å². The maximum atomic E-state index is 12.2. The zero-order valence-electron chi connectivity index (χ0n) is 12.1. The summed E-state index contributed by atoms with van der Waals surface area (Å²) in [4.78, 5) is 16.7. The van der Waals surface area contributed by atoms with Gasteiger partial charge >= 0.3 is 0 Å². The van der Waals surface area contributed by atoms with E-state index in [1.165, 1.54) is 5.01 Å². The molecule has 1 saturated carbocycles. The van der Waals surface area contributed by atoms with E-state index in [2.05, 4.69) is 27.9 Å². The predicted molar refractivity (Wildman–Crippen MR) is 80.8 cm³/mol. The molecule has 2 N–H and O–H groups in total. The monoisotopic (exact) mass is 293 g/mol. The summed E-state index contributed by atoms with van der Waals surface area (Å²) in [5.41, 5.74) is 1.45.